The van der Waals surface area contributed by atoms with E-state index in [1.807, 2.05) is 6.92 Å². The van der Waals surface area contributed by atoms with Crippen molar-refractivity contribution >= 4 is 27.3 Å². The zero-order valence-electron chi connectivity index (χ0n) is 11.3. The molecule has 2 rings (SSSR count). The van der Waals surface area contributed by atoms with Gasteiger partial charge in [0.25, 0.3) is 0 Å². The number of phenols is 1. The molecular weight excluding hydrogens is 312 g/mol. The number of aromatic hydroxyl groups is 1. The third-order valence-corrected chi connectivity index (χ3v) is 4.25. The van der Waals surface area contributed by atoms with Crippen molar-refractivity contribution < 1.29 is 13.5 Å². The molecular formula is C14H15ClN2O3S. The Hall–Kier alpha value is -1.76. The van der Waals surface area contributed by atoms with E-state index in [-0.39, 0.29) is 15.7 Å². The van der Waals surface area contributed by atoms with Gasteiger partial charge in [-0.25, -0.2) is 13.6 Å². The molecule has 0 radical (unpaired) electrons. The number of aryl methyl sites for hydroxylation is 1. The predicted molar refractivity (Wildman–Crippen MR) is 83.0 cm³/mol. The number of rotatable bonds is 4. The maximum absolute atomic E-state index is 11.4. The lowest BCUT2D eigenvalue weighted by Gasteiger charge is -2.11. The Morgan fingerprint density at radius 1 is 1.24 bits per heavy atom. The maximum atomic E-state index is 11.4. The van der Waals surface area contributed by atoms with E-state index in [9.17, 15) is 13.5 Å². The largest absolute Gasteiger partial charge is 0.506 e. The van der Waals surface area contributed by atoms with E-state index >= 15 is 0 Å². The van der Waals surface area contributed by atoms with Crippen LogP contribution < -0.4 is 10.5 Å². The van der Waals surface area contributed by atoms with Crippen LogP contribution in [0.3, 0.4) is 0 Å². The topological polar surface area (TPSA) is 92.4 Å². The Morgan fingerprint density at radius 3 is 2.57 bits per heavy atom. The molecule has 0 spiro atoms. The zero-order chi connectivity index (χ0) is 15.6. The average Bonchev–Trinajstić information content (AvgIpc) is 2.40. The van der Waals surface area contributed by atoms with Crippen molar-refractivity contribution in [2.75, 3.05) is 5.32 Å². The normalized spacial score (nSPS) is 11.4. The quantitative estimate of drug-likeness (QED) is 0.805. The molecule has 0 saturated carbocycles. The number of hydrogen-bond acceptors (Lipinski definition) is 4. The van der Waals surface area contributed by atoms with Crippen molar-refractivity contribution in [1.82, 2.24) is 0 Å². The van der Waals surface area contributed by atoms with E-state index in [2.05, 4.69) is 5.32 Å². The second-order valence-corrected chi connectivity index (χ2v) is 6.63. The van der Waals surface area contributed by atoms with Gasteiger partial charge in [-0.15, -0.1) is 0 Å². The number of sulfonamides is 1. The summed E-state index contributed by atoms with van der Waals surface area (Å²) in [6.07, 6.45) is 0. The minimum atomic E-state index is -3.73. The number of anilines is 1. The van der Waals surface area contributed by atoms with E-state index in [1.54, 1.807) is 18.2 Å². The van der Waals surface area contributed by atoms with Gasteiger partial charge in [-0.2, -0.15) is 0 Å². The van der Waals surface area contributed by atoms with E-state index in [4.69, 9.17) is 16.7 Å². The highest BCUT2D eigenvalue weighted by Gasteiger charge is 2.10. The monoisotopic (exact) mass is 326 g/mol. The van der Waals surface area contributed by atoms with Crippen LogP contribution in [0, 0.1) is 6.92 Å². The summed E-state index contributed by atoms with van der Waals surface area (Å²) in [7, 11) is -3.73. The molecule has 21 heavy (non-hydrogen) atoms. The Labute approximate surface area is 128 Å². The van der Waals surface area contributed by atoms with Crippen LogP contribution in [0.5, 0.6) is 5.75 Å². The fraction of sp³-hybridized carbons (Fsp3) is 0.143. The molecule has 0 saturated heterocycles. The van der Waals surface area contributed by atoms with E-state index in [1.165, 1.54) is 18.2 Å². The lowest BCUT2D eigenvalue weighted by Crippen LogP contribution is -2.13. The van der Waals surface area contributed by atoms with Crippen molar-refractivity contribution in [2.24, 2.45) is 5.14 Å². The van der Waals surface area contributed by atoms with Crippen molar-refractivity contribution in [1.29, 1.82) is 0 Å². The van der Waals surface area contributed by atoms with Crippen LogP contribution in [0.2, 0.25) is 5.02 Å². The van der Waals surface area contributed by atoms with Crippen molar-refractivity contribution in [3.63, 3.8) is 0 Å². The lowest BCUT2D eigenvalue weighted by atomic mass is 10.1. The van der Waals surface area contributed by atoms with Crippen LogP contribution in [0.4, 0.5) is 5.69 Å². The first-order valence-electron chi connectivity index (χ1n) is 6.12. The molecule has 2 aromatic carbocycles. The second-order valence-electron chi connectivity index (χ2n) is 4.66. The highest BCUT2D eigenvalue weighted by Crippen LogP contribution is 2.25. The molecule has 7 heteroatoms. The smallest absolute Gasteiger partial charge is 0.238 e. The van der Waals surface area contributed by atoms with Gasteiger partial charge in [0.2, 0.25) is 10.0 Å². The molecule has 2 aromatic rings. The molecule has 0 aromatic heterocycles. The van der Waals surface area contributed by atoms with Gasteiger partial charge in [0.1, 0.15) is 5.75 Å². The minimum absolute atomic E-state index is 0.0211. The number of primary sulfonamides is 1. The molecule has 5 nitrogen and oxygen atoms in total. The Bertz CT molecular complexity index is 776. The van der Waals surface area contributed by atoms with Gasteiger partial charge in [-0.1, -0.05) is 23.7 Å². The molecule has 0 fully saturated rings. The van der Waals surface area contributed by atoms with Gasteiger partial charge in [-0.3, -0.25) is 0 Å². The van der Waals surface area contributed by atoms with Crippen LogP contribution in [-0.4, -0.2) is 13.5 Å². The number of nitrogens with two attached hydrogens (primary N) is 1. The number of nitrogens with one attached hydrogen (secondary N) is 1. The number of benzene rings is 2. The Morgan fingerprint density at radius 2 is 1.95 bits per heavy atom. The number of halogens is 1. The highest BCUT2D eigenvalue weighted by atomic mass is 35.5. The molecule has 0 unspecified atom stereocenters. The van der Waals surface area contributed by atoms with Crippen molar-refractivity contribution in [3.05, 3.63) is 52.5 Å². The molecule has 0 bridgehead atoms. The summed E-state index contributed by atoms with van der Waals surface area (Å²) in [5, 5.41) is 17.9. The molecule has 4 N–H and O–H groups in total. The first-order chi connectivity index (χ1) is 9.77. The minimum Gasteiger partial charge on any atom is -0.506 e. The first kappa shape index (κ1) is 15.6. The summed E-state index contributed by atoms with van der Waals surface area (Å²) in [5.74, 6) is 0.0211. The zero-order valence-corrected chi connectivity index (χ0v) is 12.9. The van der Waals surface area contributed by atoms with E-state index in [0.717, 1.165) is 11.1 Å². The van der Waals surface area contributed by atoms with Gasteiger partial charge in [0.15, 0.2) is 0 Å². The van der Waals surface area contributed by atoms with Gasteiger partial charge in [0, 0.05) is 12.2 Å². The highest BCUT2D eigenvalue weighted by molar-refractivity contribution is 7.89. The summed E-state index contributed by atoms with van der Waals surface area (Å²) in [6.45, 7) is 2.30. The molecule has 112 valence electrons. The standard InChI is InChI=1S/C14H15ClN2O3S/c1-9-2-4-11(21(16,19)20)7-13(9)17-8-10-3-5-14(18)12(15)6-10/h2-7,17-18H,8H2,1H3,(H2,16,19,20). The number of hydrogen-bond donors (Lipinski definition) is 3. The van der Waals surface area contributed by atoms with Crippen LogP contribution in [0.25, 0.3) is 0 Å². The Balaban J connectivity index is 2.21. The molecule has 0 aliphatic rings. The summed E-state index contributed by atoms with van der Waals surface area (Å²) < 4.78 is 22.7. The van der Waals surface area contributed by atoms with Gasteiger partial charge >= 0.3 is 0 Å². The third kappa shape index (κ3) is 3.87. The first-order valence-corrected chi connectivity index (χ1v) is 8.04. The SMILES string of the molecule is Cc1ccc(S(N)(=O)=O)cc1NCc1ccc(O)c(Cl)c1. The summed E-state index contributed by atoms with van der Waals surface area (Å²) in [4.78, 5) is 0.0549. The number of phenolic OH excluding ortho intramolecular Hbond substituents is 1. The molecule has 0 aliphatic heterocycles. The van der Waals surface area contributed by atoms with Gasteiger partial charge < -0.3 is 10.4 Å². The molecule has 0 aliphatic carbocycles. The average molecular weight is 327 g/mol. The predicted octanol–water partition coefficient (Wildman–Crippen LogP) is 2.61. The maximum Gasteiger partial charge on any atom is 0.238 e. The fourth-order valence-electron chi connectivity index (χ4n) is 1.83. The summed E-state index contributed by atoms with van der Waals surface area (Å²) >= 11 is 5.84. The molecule has 0 heterocycles. The lowest BCUT2D eigenvalue weighted by molar-refractivity contribution is 0.475. The van der Waals surface area contributed by atoms with Gasteiger partial charge in [0.05, 0.1) is 9.92 Å². The summed E-state index contributed by atoms with van der Waals surface area (Å²) in [5.41, 5.74) is 2.43. The van der Waals surface area contributed by atoms with Crippen LogP contribution in [0.1, 0.15) is 11.1 Å². The van der Waals surface area contributed by atoms with E-state index in [0.29, 0.717) is 12.2 Å². The Kier molecular flexibility index (Phi) is 4.41. The van der Waals surface area contributed by atoms with Crippen molar-refractivity contribution in [2.45, 2.75) is 18.4 Å². The molecule has 0 amide bonds. The third-order valence-electron chi connectivity index (χ3n) is 3.03. The van der Waals surface area contributed by atoms with E-state index < -0.39 is 10.0 Å². The van der Waals surface area contributed by atoms with Crippen LogP contribution in [0.15, 0.2) is 41.3 Å². The van der Waals surface area contributed by atoms with Crippen LogP contribution in [-0.2, 0) is 16.6 Å². The molecule has 0 atom stereocenters. The van der Waals surface area contributed by atoms with Gasteiger partial charge in [-0.05, 0) is 42.3 Å². The second kappa shape index (κ2) is 5.93. The van der Waals surface area contributed by atoms with Crippen LogP contribution >= 0.6 is 11.6 Å². The fourth-order valence-corrected chi connectivity index (χ4v) is 2.57. The van der Waals surface area contributed by atoms with Crippen molar-refractivity contribution in [3.8, 4) is 5.75 Å². The summed E-state index contributed by atoms with van der Waals surface area (Å²) in [6, 6.07) is 9.52.